The molecule has 5 heteroatoms. The molecule has 0 heterocycles. The molecule has 0 fully saturated rings. The van der Waals surface area contributed by atoms with Gasteiger partial charge in [0.05, 0.1) is 5.56 Å². The second kappa shape index (κ2) is 5.98. The highest BCUT2D eigenvalue weighted by atomic mass is 35.5. The molecule has 96 valence electrons. The molecule has 0 aliphatic rings. The van der Waals surface area contributed by atoms with E-state index < -0.39 is 17.3 Å². The normalized spacial score (nSPS) is 10.6. The zero-order chi connectivity index (χ0) is 12.3. The molecule has 0 saturated carbocycles. The van der Waals surface area contributed by atoms with Crippen LogP contribution in [0.25, 0.3) is 0 Å². The maximum absolute atomic E-state index is 13.6. The summed E-state index contributed by atoms with van der Waals surface area (Å²) in [6, 6.07) is 4.74. The molecule has 0 unspecified atom stereocenters. The number of hydrogen-bond acceptors (Lipinski definition) is 2. The highest BCUT2D eigenvalue weighted by Gasteiger charge is 2.16. The molecule has 0 aliphatic carbocycles. The van der Waals surface area contributed by atoms with E-state index in [9.17, 15) is 9.18 Å². The molecule has 3 N–H and O–H groups in total. The van der Waals surface area contributed by atoms with Gasteiger partial charge in [0.15, 0.2) is 0 Å². The average Bonchev–Trinajstić information content (AvgIpc) is 2.17. The quantitative estimate of drug-likeness (QED) is 0.874. The fourth-order valence-electron chi connectivity index (χ4n) is 1.23. The summed E-state index contributed by atoms with van der Waals surface area (Å²) in [5, 5.41) is 2.60. The topological polar surface area (TPSA) is 55.1 Å². The van der Waals surface area contributed by atoms with Crippen molar-refractivity contribution in [3.8, 4) is 0 Å². The van der Waals surface area contributed by atoms with Gasteiger partial charge in [-0.05, 0) is 32.4 Å². The Labute approximate surface area is 107 Å². The van der Waals surface area contributed by atoms with Crippen molar-refractivity contribution < 1.29 is 9.18 Å². The lowest BCUT2D eigenvalue weighted by atomic mass is 10.1. The van der Waals surface area contributed by atoms with Crippen LogP contribution in [-0.4, -0.2) is 18.0 Å². The van der Waals surface area contributed by atoms with Gasteiger partial charge in [-0.2, -0.15) is 0 Å². The van der Waals surface area contributed by atoms with Crippen molar-refractivity contribution in [2.75, 3.05) is 6.54 Å². The Kier molecular flexibility index (Phi) is 5.58. The molecule has 1 amide bonds. The Morgan fingerprint density at radius 1 is 1.47 bits per heavy atom. The molecule has 0 radical (unpaired) electrons. The zero-order valence-corrected chi connectivity index (χ0v) is 11.0. The molecular formula is C12H18ClFN2O. The van der Waals surface area contributed by atoms with Crippen molar-refractivity contribution >= 4 is 18.3 Å². The standard InChI is InChI=1S/C12H17FN2O.ClH/c1-8-5-4-6-9(10(8)13)11(16)15-7-12(2,3)14;/h4-6H,7,14H2,1-3H3,(H,15,16);1H. The molecule has 0 bridgehead atoms. The van der Waals surface area contributed by atoms with E-state index in [1.54, 1.807) is 32.9 Å². The summed E-state index contributed by atoms with van der Waals surface area (Å²) in [4.78, 5) is 11.7. The number of nitrogens with one attached hydrogen (secondary N) is 1. The van der Waals surface area contributed by atoms with Gasteiger partial charge in [0, 0.05) is 12.1 Å². The van der Waals surface area contributed by atoms with Crippen LogP contribution in [-0.2, 0) is 0 Å². The molecule has 0 atom stereocenters. The Balaban J connectivity index is 0.00000256. The fourth-order valence-corrected chi connectivity index (χ4v) is 1.23. The van der Waals surface area contributed by atoms with Crippen molar-refractivity contribution in [3.63, 3.8) is 0 Å². The third kappa shape index (κ3) is 4.71. The van der Waals surface area contributed by atoms with Crippen LogP contribution in [0.5, 0.6) is 0 Å². The average molecular weight is 261 g/mol. The SMILES string of the molecule is Cc1cccc(C(=O)NCC(C)(C)N)c1F.Cl. The minimum Gasteiger partial charge on any atom is -0.350 e. The maximum Gasteiger partial charge on any atom is 0.254 e. The lowest BCUT2D eigenvalue weighted by Crippen LogP contribution is -2.45. The summed E-state index contributed by atoms with van der Waals surface area (Å²) in [7, 11) is 0. The van der Waals surface area contributed by atoms with Crippen molar-refractivity contribution in [2.24, 2.45) is 5.73 Å². The summed E-state index contributed by atoms with van der Waals surface area (Å²) in [6.45, 7) is 5.51. The Bertz CT molecular complexity index is 402. The Morgan fingerprint density at radius 2 is 2.06 bits per heavy atom. The molecule has 0 aliphatic heterocycles. The first-order valence-corrected chi connectivity index (χ1v) is 5.13. The van der Waals surface area contributed by atoms with E-state index in [0.29, 0.717) is 12.1 Å². The van der Waals surface area contributed by atoms with Crippen molar-refractivity contribution in [1.82, 2.24) is 5.32 Å². The van der Waals surface area contributed by atoms with Crippen LogP contribution in [0.3, 0.4) is 0 Å². The van der Waals surface area contributed by atoms with Gasteiger partial charge in [0.2, 0.25) is 0 Å². The molecule has 1 rings (SSSR count). The summed E-state index contributed by atoms with van der Waals surface area (Å²) in [6.07, 6.45) is 0. The molecule has 0 saturated heterocycles. The third-order valence-electron chi connectivity index (χ3n) is 2.14. The van der Waals surface area contributed by atoms with Crippen molar-refractivity contribution in [1.29, 1.82) is 0 Å². The second-order valence-corrected chi connectivity index (χ2v) is 4.61. The van der Waals surface area contributed by atoms with E-state index in [1.807, 2.05) is 0 Å². The number of aryl methyl sites for hydroxylation is 1. The first-order chi connectivity index (χ1) is 7.31. The minimum atomic E-state index is -0.504. The fraction of sp³-hybridized carbons (Fsp3) is 0.417. The second-order valence-electron chi connectivity index (χ2n) is 4.61. The van der Waals surface area contributed by atoms with Gasteiger partial charge in [-0.3, -0.25) is 4.79 Å². The predicted octanol–water partition coefficient (Wildman–Crippen LogP) is 2.02. The van der Waals surface area contributed by atoms with Gasteiger partial charge in [0.1, 0.15) is 5.82 Å². The molecule has 3 nitrogen and oxygen atoms in total. The number of benzene rings is 1. The monoisotopic (exact) mass is 260 g/mol. The predicted molar refractivity (Wildman–Crippen MR) is 69.0 cm³/mol. The van der Waals surface area contributed by atoms with E-state index in [-0.39, 0.29) is 18.0 Å². The summed E-state index contributed by atoms with van der Waals surface area (Å²) >= 11 is 0. The van der Waals surface area contributed by atoms with E-state index in [1.165, 1.54) is 6.07 Å². The smallest absolute Gasteiger partial charge is 0.254 e. The number of nitrogens with two attached hydrogens (primary N) is 1. The molecule has 0 spiro atoms. The first kappa shape index (κ1) is 15.9. The molecule has 1 aromatic carbocycles. The van der Waals surface area contributed by atoms with E-state index in [0.717, 1.165) is 0 Å². The van der Waals surface area contributed by atoms with Crippen molar-refractivity contribution in [3.05, 3.63) is 35.1 Å². The summed E-state index contributed by atoms with van der Waals surface area (Å²) < 4.78 is 13.6. The number of amides is 1. The summed E-state index contributed by atoms with van der Waals surface area (Å²) in [5.41, 5.74) is 5.73. The van der Waals surface area contributed by atoms with E-state index >= 15 is 0 Å². The van der Waals surface area contributed by atoms with Crippen LogP contribution in [0.4, 0.5) is 4.39 Å². The van der Waals surface area contributed by atoms with Gasteiger partial charge in [-0.25, -0.2) is 4.39 Å². The van der Waals surface area contributed by atoms with E-state index in [2.05, 4.69) is 5.32 Å². The van der Waals surface area contributed by atoms with Crippen LogP contribution in [0.15, 0.2) is 18.2 Å². The number of rotatable bonds is 3. The zero-order valence-electron chi connectivity index (χ0n) is 10.2. The number of carbonyl (C=O) groups excluding carboxylic acids is 1. The van der Waals surface area contributed by atoms with Crippen molar-refractivity contribution in [2.45, 2.75) is 26.3 Å². The highest BCUT2D eigenvalue weighted by molar-refractivity contribution is 5.94. The van der Waals surface area contributed by atoms with Crippen LogP contribution < -0.4 is 11.1 Å². The van der Waals surface area contributed by atoms with Crippen LogP contribution in [0.2, 0.25) is 0 Å². The Morgan fingerprint density at radius 3 is 2.59 bits per heavy atom. The van der Waals surface area contributed by atoms with Crippen LogP contribution in [0.1, 0.15) is 29.8 Å². The number of hydrogen-bond donors (Lipinski definition) is 2. The van der Waals surface area contributed by atoms with Gasteiger partial charge in [0.25, 0.3) is 5.91 Å². The third-order valence-corrected chi connectivity index (χ3v) is 2.14. The lowest BCUT2D eigenvalue weighted by molar-refractivity contribution is 0.0942. The van der Waals surface area contributed by atoms with Gasteiger partial charge in [-0.1, -0.05) is 12.1 Å². The largest absolute Gasteiger partial charge is 0.350 e. The van der Waals surface area contributed by atoms with E-state index in [4.69, 9.17) is 5.73 Å². The molecule has 1 aromatic rings. The van der Waals surface area contributed by atoms with Gasteiger partial charge in [-0.15, -0.1) is 12.4 Å². The van der Waals surface area contributed by atoms with Crippen LogP contribution >= 0.6 is 12.4 Å². The lowest BCUT2D eigenvalue weighted by Gasteiger charge is -2.19. The summed E-state index contributed by atoms with van der Waals surface area (Å²) in [5.74, 6) is -0.908. The molecular weight excluding hydrogens is 243 g/mol. The van der Waals surface area contributed by atoms with Gasteiger partial charge >= 0.3 is 0 Å². The highest BCUT2D eigenvalue weighted by Crippen LogP contribution is 2.11. The van der Waals surface area contributed by atoms with Gasteiger partial charge < -0.3 is 11.1 Å². The maximum atomic E-state index is 13.6. The Hall–Kier alpha value is -1.13. The van der Waals surface area contributed by atoms with Crippen LogP contribution in [0, 0.1) is 12.7 Å². The first-order valence-electron chi connectivity index (χ1n) is 5.13. The molecule has 0 aromatic heterocycles. The minimum absolute atomic E-state index is 0. The molecule has 17 heavy (non-hydrogen) atoms. The number of carbonyl (C=O) groups is 1. The number of halogens is 2.